The van der Waals surface area contributed by atoms with Crippen LogP contribution in [0.25, 0.3) is 10.8 Å². The lowest BCUT2D eigenvalue weighted by Crippen LogP contribution is -2.38. The number of hydrogen-bond acceptors (Lipinski definition) is 5. The maximum Gasteiger partial charge on any atom is 0.265 e. The van der Waals surface area contributed by atoms with Crippen molar-refractivity contribution in [3.05, 3.63) is 60.3 Å². The van der Waals surface area contributed by atoms with Gasteiger partial charge in [0.05, 0.1) is 16.7 Å². The van der Waals surface area contributed by atoms with Crippen LogP contribution in [0.5, 0.6) is 5.88 Å². The van der Waals surface area contributed by atoms with Crippen molar-refractivity contribution in [3.8, 4) is 5.88 Å². The number of hydrogen-bond donors (Lipinski definition) is 1. The molecule has 1 aliphatic heterocycles. The van der Waals surface area contributed by atoms with Crippen LogP contribution in [-0.4, -0.2) is 32.0 Å². The topological polar surface area (TPSA) is 88.6 Å². The van der Waals surface area contributed by atoms with Crippen LogP contribution in [0.4, 0.5) is 5.69 Å². The first-order valence-electron chi connectivity index (χ1n) is 9.29. The molecule has 0 saturated carbocycles. The van der Waals surface area contributed by atoms with E-state index >= 15 is 0 Å². The van der Waals surface area contributed by atoms with E-state index in [1.54, 1.807) is 36.5 Å². The Hall–Kier alpha value is -3.13. The summed E-state index contributed by atoms with van der Waals surface area (Å²) in [7, 11) is -3.75. The van der Waals surface area contributed by atoms with E-state index in [9.17, 15) is 13.2 Å². The number of pyridine rings is 1. The van der Waals surface area contributed by atoms with Crippen LogP contribution >= 0.6 is 0 Å². The van der Waals surface area contributed by atoms with Gasteiger partial charge in [-0.1, -0.05) is 30.3 Å². The number of aromatic nitrogens is 1. The van der Waals surface area contributed by atoms with Gasteiger partial charge in [0.15, 0.2) is 0 Å². The number of nitrogens with zero attached hydrogens (tertiary/aromatic N) is 2. The van der Waals surface area contributed by atoms with Gasteiger partial charge in [0, 0.05) is 24.2 Å². The average Bonchev–Trinajstić information content (AvgIpc) is 2.90. The smallest absolute Gasteiger partial charge is 0.265 e. The van der Waals surface area contributed by atoms with Crippen LogP contribution in [-0.2, 0) is 21.4 Å². The van der Waals surface area contributed by atoms with Gasteiger partial charge in [-0.15, -0.1) is 0 Å². The third-order valence-electron chi connectivity index (χ3n) is 4.61. The number of nitrogens with one attached hydrogen (secondary N) is 1. The Morgan fingerprint density at radius 2 is 1.90 bits per heavy atom. The van der Waals surface area contributed by atoms with Crippen molar-refractivity contribution in [1.82, 2.24) is 10.3 Å². The van der Waals surface area contributed by atoms with Crippen molar-refractivity contribution in [3.63, 3.8) is 0 Å². The molecule has 4 rings (SSSR count). The summed E-state index contributed by atoms with van der Waals surface area (Å²) in [5, 5.41) is 4.25. The number of sulfonamides is 1. The second-order valence-corrected chi connectivity index (χ2v) is 8.92. The fourth-order valence-electron chi connectivity index (χ4n) is 3.34. The number of anilines is 1. The Labute approximate surface area is 169 Å². The molecule has 0 atom stereocenters. The van der Waals surface area contributed by atoms with Crippen molar-refractivity contribution < 1.29 is 17.9 Å². The predicted octanol–water partition coefficient (Wildman–Crippen LogP) is 2.85. The van der Waals surface area contributed by atoms with Gasteiger partial charge < -0.3 is 10.1 Å². The van der Waals surface area contributed by atoms with Crippen molar-refractivity contribution >= 4 is 32.4 Å². The first-order valence-corrected chi connectivity index (χ1v) is 10.7. The van der Waals surface area contributed by atoms with Crippen LogP contribution in [0.15, 0.2) is 59.6 Å². The Bertz CT molecular complexity index is 1170. The van der Waals surface area contributed by atoms with E-state index in [4.69, 9.17) is 4.74 Å². The molecule has 1 aliphatic rings. The highest BCUT2D eigenvalue weighted by atomic mass is 32.2. The Morgan fingerprint density at radius 1 is 1.14 bits per heavy atom. The monoisotopic (exact) mass is 411 g/mol. The van der Waals surface area contributed by atoms with Crippen molar-refractivity contribution in [1.29, 1.82) is 0 Å². The highest BCUT2D eigenvalue weighted by Gasteiger charge is 2.36. The first kappa shape index (κ1) is 19.2. The standard InChI is InChI=1S/C21H21N3O4S/c1-14(2)28-20-10-9-15(12-23-20)11-22-19(25)13-24-17-7-3-5-16-6-4-8-18(21(16)17)29(24,26)27/h3-10,12,14H,11,13H2,1-2H3,(H,22,25). The summed E-state index contributed by atoms with van der Waals surface area (Å²) in [6.07, 6.45) is 1.66. The molecule has 0 saturated heterocycles. The lowest BCUT2D eigenvalue weighted by Gasteiger charge is -2.18. The number of benzene rings is 2. The predicted molar refractivity (Wildman–Crippen MR) is 110 cm³/mol. The minimum Gasteiger partial charge on any atom is -0.475 e. The molecule has 1 N–H and O–H groups in total. The molecule has 0 aliphatic carbocycles. The van der Waals surface area contributed by atoms with Gasteiger partial charge in [0.2, 0.25) is 11.8 Å². The van der Waals surface area contributed by atoms with E-state index in [-0.39, 0.29) is 30.0 Å². The van der Waals surface area contributed by atoms with Crippen LogP contribution in [0.3, 0.4) is 0 Å². The fourth-order valence-corrected chi connectivity index (χ4v) is 5.01. The lowest BCUT2D eigenvalue weighted by atomic mass is 10.1. The average molecular weight is 411 g/mol. The summed E-state index contributed by atoms with van der Waals surface area (Å²) in [5.41, 5.74) is 1.33. The van der Waals surface area contributed by atoms with Gasteiger partial charge in [-0.05, 0) is 36.9 Å². The summed E-state index contributed by atoms with van der Waals surface area (Å²) in [5.74, 6) is 0.130. The molecule has 3 aromatic rings. The van der Waals surface area contributed by atoms with Gasteiger partial charge >= 0.3 is 0 Å². The van der Waals surface area contributed by atoms with Gasteiger partial charge in [-0.3, -0.25) is 9.10 Å². The van der Waals surface area contributed by atoms with E-state index in [2.05, 4.69) is 10.3 Å². The highest BCUT2D eigenvalue weighted by Crippen LogP contribution is 2.41. The molecule has 150 valence electrons. The molecule has 0 bridgehead atoms. The number of ether oxygens (including phenoxy) is 1. The number of amides is 1. The molecule has 1 amide bonds. The SMILES string of the molecule is CC(C)Oc1ccc(CNC(=O)CN2c3cccc4cccc(c34)S2(=O)=O)cn1. The number of rotatable bonds is 6. The van der Waals surface area contributed by atoms with Crippen LogP contribution < -0.4 is 14.4 Å². The second kappa shape index (κ2) is 7.36. The summed E-state index contributed by atoms with van der Waals surface area (Å²) in [6, 6.07) is 14.1. The minimum absolute atomic E-state index is 0.0315. The summed E-state index contributed by atoms with van der Waals surface area (Å²) >= 11 is 0. The maximum atomic E-state index is 12.9. The van der Waals surface area contributed by atoms with Crippen molar-refractivity contribution in [2.24, 2.45) is 0 Å². The number of carbonyl (C=O) groups is 1. The molecule has 0 spiro atoms. The van der Waals surface area contributed by atoms with E-state index < -0.39 is 10.0 Å². The molecule has 29 heavy (non-hydrogen) atoms. The van der Waals surface area contributed by atoms with Crippen LogP contribution in [0, 0.1) is 0 Å². The van der Waals surface area contributed by atoms with Crippen LogP contribution in [0.2, 0.25) is 0 Å². The minimum atomic E-state index is -3.75. The first-order chi connectivity index (χ1) is 13.9. The normalized spacial score (nSPS) is 14.4. The fraction of sp³-hybridized carbons (Fsp3) is 0.238. The Morgan fingerprint density at radius 3 is 2.59 bits per heavy atom. The molecule has 8 heteroatoms. The van der Waals surface area contributed by atoms with Gasteiger partial charge in [-0.2, -0.15) is 0 Å². The van der Waals surface area contributed by atoms with Crippen molar-refractivity contribution in [2.75, 3.05) is 10.8 Å². The van der Waals surface area contributed by atoms with E-state index in [0.717, 1.165) is 15.3 Å². The molecule has 2 heterocycles. The third-order valence-corrected chi connectivity index (χ3v) is 6.41. The lowest BCUT2D eigenvalue weighted by molar-refractivity contribution is -0.119. The summed E-state index contributed by atoms with van der Waals surface area (Å²) < 4.78 is 32.5. The Kier molecular flexibility index (Phi) is 4.87. The molecular weight excluding hydrogens is 390 g/mol. The molecule has 0 fully saturated rings. The molecule has 7 nitrogen and oxygen atoms in total. The van der Waals surface area contributed by atoms with Gasteiger partial charge in [0.25, 0.3) is 10.0 Å². The maximum absolute atomic E-state index is 12.9. The molecule has 2 aromatic carbocycles. The van der Waals surface area contributed by atoms with E-state index in [1.807, 2.05) is 32.0 Å². The molecular formula is C21H21N3O4S. The molecule has 1 aromatic heterocycles. The van der Waals surface area contributed by atoms with Crippen LogP contribution in [0.1, 0.15) is 19.4 Å². The molecule has 0 unspecified atom stereocenters. The van der Waals surface area contributed by atoms with Crippen molar-refractivity contribution in [2.45, 2.75) is 31.4 Å². The zero-order chi connectivity index (χ0) is 20.6. The largest absolute Gasteiger partial charge is 0.475 e. The quantitative estimate of drug-likeness (QED) is 0.674. The zero-order valence-electron chi connectivity index (χ0n) is 16.1. The second-order valence-electron chi connectivity index (χ2n) is 7.09. The summed E-state index contributed by atoms with van der Waals surface area (Å²) in [6.45, 7) is 3.80. The van der Waals surface area contributed by atoms with E-state index in [0.29, 0.717) is 17.0 Å². The third kappa shape index (κ3) is 3.63. The van der Waals surface area contributed by atoms with E-state index in [1.165, 1.54) is 0 Å². The number of carbonyl (C=O) groups excluding carboxylic acids is 1. The molecule has 0 radical (unpaired) electrons. The van der Waals surface area contributed by atoms with Gasteiger partial charge in [-0.25, -0.2) is 13.4 Å². The highest BCUT2D eigenvalue weighted by molar-refractivity contribution is 7.93. The van der Waals surface area contributed by atoms with Gasteiger partial charge in [0.1, 0.15) is 6.54 Å². The zero-order valence-corrected chi connectivity index (χ0v) is 16.9. The summed E-state index contributed by atoms with van der Waals surface area (Å²) in [4.78, 5) is 16.9. The Balaban J connectivity index is 1.46.